The van der Waals surface area contributed by atoms with Crippen molar-refractivity contribution in [1.82, 2.24) is 14.7 Å². The molecule has 0 spiro atoms. The lowest BCUT2D eigenvalue weighted by molar-refractivity contribution is -0.0318. The molecule has 1 aliphatic carbocycles. The fourth-order valence-electron chi connectivity index (χ4n) is 3.52. The Labute approximate surface area is 126 Å². The lowest BCUT2D eigenvalue weighted by atomic mass is 9.75. The molecule has 114 valence electrons. The first kappa shape index (κ1) is 15.8. The number of aryl methyl sites for hydroxylation is 2. The van der Waals surface area contributed by atoms with Crippen LogP contribution in [0.3, 0.4) is 0 Å². The summed E-state index contributed by atoms with van der Waals surface area (Å²) >= 11 is 6.31. The van der Waals surface area contributed by atoms with Crippen LogP contribution in [0.5, 0.6) is 0 Å². The highest BCUT2D eigenvalue weighted by Crippen LogP contribution is 2.37. The first-order chi connectivity index (χ1) is 9.38. The van der Waals surface area contributed by atoms with Gasteiger partial charge in [-0.1, -0.05) is 30.9 Å². The molecule has 0 radical (unpaired) electrons. The Kier molecular flexibility index (Phi) is 4.77. The predicted molar refractivity (Wildman–Crippen MR) is 82.2 cm³/mol. The van der Waals surface area contributed by atoms with Crippen molar-refractivity contribution in [2.24, 2.45) is 7.05 Å². The molecule has 0 saturated heterocycles. The van der Waals surface area contributed by atoms with Gasteiger partial charge >= 0.3 is 0 Å². The van der Waals surface area contributed by atoms with Crippen molar-refractivity contribution >= 4 is 11.6 Å². The molecule has 1 N–H and O–H groups in total. The lowest BCUT2D eigenvalue weighted by Crippen LogP contribution is -2.55. The van der Waals surface area contributed by atoms with E-state index >= 15 is 0 Å². The Morgan fingerprint density at radius 2 is 1.95 bits per heavy atom. The van der Waals surface area contributed by atoms with Gasteiger partial charge < -0.3 is 10.0 Å². The van der Waals surface area contributed by atoms with E-state index in [0.29, 0.717) is 11.4 Å². The van der Waals surface area contributed by atoms with Gasteiger partial charge in [0.15, 0.2) is 0 Å². The number of hydrogen-bond acceptors (Lipinski definition) is 3. The molecule has 4 nitrogen and oxygen atoms in total. The van der Waals surface area contributed by atoms with Crippen LogP contribution in [-0.4, -0.2) is 45.5 Å². The third-order valence-corrected chi connectivity index (χ3v) is 5.37. The van der Waals surface area contributed by atoms with Gasteiger partial charge in [-0.3, -0.25) is 4.68 Å². The van der Waals surface area contributed by atoms with E-state index in [4.69, 9.17) is 11.6 Å². The van der Waals surface area contributed by atoms with Crippen molar-refractivity contribution in [3.8, 4) is 0 Å². The molecule has 1 heterocycles. The van der Waals surface area contributed by atoms with Crippen molar-refractivity contribution in [3.63, 3.8) is 0 Å². The number of aromatic nitrogens is 2. The Bertz CT molecular complexity index is 464. The summed E-state index contributed by atoms with van der Waals surface area (Å²) in [6.45, 7) is 1.90. The molecule has 1 aromatic heterocycles. The SMILES string of the molecule is Cc1nn(C)c(CC(O)C2(N(C)C)CCCCC2)c1Cl. The minimum Gasteiger partial charge on any atom is -0.391 e. The van der Waals surface area contributed by atoms with Crippen molar-refractivity contribution in [2.75, 3.05) is 14.1 Å². The largest absolute Gasteiger partial charge is 0.391 e. The third kappa shape index (κ3) is 2.74. The number of aliphatic hydroxyl groups is 1. The molecular formula is C15H26ClN3O. The molecule has 1 fully saturated rings. The maximum Gasteiger partial charge on any atom is 0.0847 e. The Hall–Kier alpha value is -0.580. The average molecular weight is 300 g/mol. The van der Waals surface area contributed by atoms with Gasteiger partial charge in [-0.15, -0.1) is 0 Å². The van der Waals surface area contributed by atoms with Gasteiger partial charge in [0.1, 0.15) is 0 Å². The molecule has 1 aromatic rings. The van der Waals surface area contributed by atoms with Crippen LogP contribution >= 0.6 is 11.6 Å². The van der Waals surface area contributed by atoms with E-state index in [1.54, 1.807) is 4.68 Å². The van der Waals surface area contributed by atoms with Gasteiger partial charge in [-0.2, -0.15) is 5.10 Å². The standard InChI is InChI=1S/C15H26ClN3O/c1-11-14(16)12(19(4)17-11)10-13(20)15(18(2)3)8-6-5-7-9-15/h13,20H,5-10H2,1-4H3. The third-order valence-electron chi connectivity index (χ3n) is 4.88. The normalized spacial score (nSPS) is 20.4. The topological polar surface area (TPSA) is 41.3 Å². The van der Waals surface area contributed by atoms with Crippen molar-refractivity contribution in [2.45, 2.75) is 57.1 Å². The number of aliphatic hydroxyl groups excluding tert-OH is 1. The molecule has 5 heteroatoms. The van der Waals surface area contributed by atoms with Crippen molar-refractivity contribution in [1.29, 1.82) is 0 Å². The molecule has 1 aliphatic rings. The summed E-state index contributed by atoms with van der Waals surface area (Å²) < 4.78 is 1.80. The van der Waals surface area contributed by atoms with Crippen LogP contribution in [0, 0.1) is 6.92 Å². The minimum atomic E-state index is -0.412. The van der Waals surface area contributed by atoms with E-state index in [1.807, 2.05) is 14.0 Å². The fraction of sp³-hybridized carbons (Fsp3) is 0.800. The van der Waals surface area contributed by atoms with E-state index in [2.05, 4.69) is 24.1 Å². The monoisotopic (exact) mass is 299 g/mol. The minimum absolute atomic E-state index is 0.125. The van der Waals surface area contributed by atoms with Crippen LogP contribution in [-0.2, 0) is 13.5 Å². The predicted octanol–water partition coefficient (Wildman–Crippen LogP) is 2.55. The van der Waals surface area contributed by atoms with Crippen molar-refractivity contribution in [3.05, 3.63) is 16.4 Å². The van der Waals surface area contributed by atoms with E-state index < -0.39 is 6.10 Å². The summed E-state index contributed by atoms with van der Waals surface area (Å²) in [4.78, 5) is 2.20. The molecule has 1 unspecified atom stereocenters. The fourth-order valence-corrected chi connectivity index (χ4v) is 3.75. The molecule has 20 heavy (non-hydrogen) atoms. The molecule has 0 bridgehead atoms. The maximum atomic E-state index is 10.9. The van der Waals surface area contributed by atoms with Crippen LogP contribution in [0.15, 0.2) is 0 Å². The number of likely N-dealkylation sites (N-methyl/N-ethyl adjacent to an activating group) is 1. The van der Waals surface area contributed by atoms with Crippen LogP contribution < -0.4 is 0 Å². The first-order valence-corrected chi connectivity index (χ1v) is 7.80. The van der Waals surface area contributed by atoms with E-state index in [1.165, 1.54) is 19.3 Å². The van der Waals surface area contributed by atoms with Crippen LogP contribution in [0.4, 0.5) is 0 Å². The van der Waals surface area contributed by atoms with Crippen LogP contribution in [0.2, 0.25) is 5.02 Å². The van der Waals surface area contributed by atoms with Crippen LogP contribution in [0.25, 0.3) is 0 Å². The number of rotatable bonds is 4. The molecule has 1 saturated carbocycles. The number of hydrogen-bond donors (Lipinski definition) is 1. The van der Waals surface area contributed by atoms with E-state index in [-0.39, 0.29) is 5.54 Å². The van der Waals surface area contributed by atoms with Gasteiger partial charge in [-0.05, 0) is 33.9 Å². The quantitative estimate of drug-likeness (QED) is 0.929. The summed E-state index contributed by atoms with van der Waals surface area (Å²) in [5, 5.41) is 15.9. The zero-order chi connectivity index (χ0) is 14.9. The van der Waals surface area contributed by atoms with Crippen LogP contribution in [0.1, 0.15) is 43.5 Å². The highest BCUT2D eigenvalue weighted by atomic mass is 35.5. The lowest BCUT2D eigenvalue weighted by Gasteiger charge is -2.46. The maximum absolute atomic E-state index is 10.9. The number of nitrogens with zero attached hydrogens (tertiary/aromatic N) is 3. The van der Waals surface area contributed by atoms with Crippen molar-refractivity contribution < 1.29 is 5.11 Å². The zero-order valence-electron chi connectivity index (χ0n) is 13.0. The second-order valence-corrected chi connectivity index (χ2v) is 6.63. The van der Waals surface area contributed by atoms with E-state index in [9.17, 15) is 5.11 Å². The Morgan fingerprint density at radius 3 is 2.40 bits per heavy atom. The summed E-state index contributed by atoms with van der Waals surface area (Å²) in [7, 11) is 6.04. The highest BCUT2D eigenvalue weighted by Gasteiger charge is 2.41. The molecule has 0 aliphatic heterocycles. The average Bonchev–Trinajstić information content (AvgIpc) is 2.66. The summed E-state index contributed by atoms with van der Waals surface area (Å²) in [6, 6.07) is 0. The molecular weight excluding hydrogens is 274 g/mol. The second kappa shape index (κ2) is 6.04. The molecule has 0 amide bonds. The zero-order valence-corrected chi connectivity index (χ0v) is 13.7. The Morgan fingerprint density at radius 1 is 1.35 bits per heavy atom. The van der Waals surface area contributed by atoms with E-state index in [0.717, 1.165) is 24.2 Å². The molecule has 0 aromatic carbocycles. The summed E-state index contributed by atoms with van der Waals surface area (Å²) in [5.41, 5.74) is 1.64. The Balaban J connectivity index is 2.22. The summed E-state index contributed by atoms with van der Waals surface area (Å²) in [5.74, 6) is 0. The summed E-state index contributed by atoms with van der Waals surface area (Å²) in [6.07, 6.45) is 5.90. The molecule has 1 atom stereocenters. The number of halogens is 1. The van der Waals surface area contributed by atoms with Gasteiger partial charge in [-0.25, -0.2) is 0 Å². The second-order valence-electron chi connectivity index (χ2n) is 6.25. The smallest absolute Gasteiger partial charge is 0.0847 e. The van der Waals surface area contributed by atoms with Gasteiger partial charge in [0.2, 0.25) is 0 Å². The van der Waals surface area contributed by atoms with Gasteiger partial charge in [0, 0.05) is 19.0 Å². The van der Waals surface area contributed by atoms with Gasteiger partial charge in [0.05, 0.1) is 22.5 Å². The molecule has 2 rings (SSSR count). The van der Waals surface area contributed by atoms with Gasteiger partial charge in [0.25, 0.3) is 0 Å². The first-order valence-electron chi connectivity index (χ1n) is 7.42. The highest BCUT2D eigenvalue weighted by molar-refractivity contribution is 6.31.